The zero-order valence-corrected chi connectivity index (χ0v) is 40.7. The van der Waals surface area contributed by atoms with Crippen LogP contribution in [0.5, 0.6) is 0 Å². The number of aliphatic hydroxyl groups is 1. The van der Waals surface area contributed by atoms with Gasteiger partial charge in [-0.25, -0.2) is 4.57 Å². The highest BCUT2D eigenvalue weighted by atomic mass is 31.2. The van der Waals surface area contributed by atoms with Gasteiger partial charge in [0.2, 0.25) is 5.91 Å². The number of phosphoric acid groups is 1. The first-order chi connectivity index (χ1) is 30.3. The number of amides is 1. The van der Waals surface area contributed by atoms with E-state index >= 15 is 0 Å². The van der Waals surface area contributed by atoms with Gasteiger partial charge in [-0.3, -0.25) is 18.6 Å². The first-order valence-corrected chi connectivity index (χ1v) is 26.8. The van der Waals surface area contributed by atoms with E-state index in [1.54, 1.807) is 0 Å². The maximum absolute atomic E-state index is 12.1. The summed E-state index contributed by atoms with van der Waals surface area (Å²) < 4.78 is 27.0. The fraction of sp³-hybridized carbons (Fsp3) is 0.769. The molecule has 0 radical (unpaired) electrons. The highest BCUT2D eigenvalue weighted by Crippen LogP contribution is 2.42. The van der Waals surface area contributed by atoms with Gasteiger partial charge in [0, 0.05) is 19.4 Å². The molecule has 0 saturated heterocycles. The minimum absolute atomic E-state index is 0.0766. The van der Waals surface area contributed by atoms with Gasteiger partial charge in [-0.1, -0.05) is 190 Å². The van der Waals surface area contributed by atoms with Crippen LogP contribution in [-0.2, 0) is 27.9 Å². The predicted octanol–water partition coefficient (Wildman–Crippen LogP) is 14.8. The normalized spacial score (nSPS) is 13.7. The number of hydrogen-bond donors (Lipinski definition) is 3. The third kappa shape index (κ3) is 48.7. The summed E-state index contributed by atoms with van der Waals surface area (Å²) in [4.78, 5) is 34.1. The lowest BCUT2D eigenvalue weighted by Crippen LogP contribution is -2.27. The summed E-state index contributed by atoms with van der Waals surface area (Å²) in [6, 6.07) is 0. The molecule has 1 amide bonds. The van der Waals surface area contributed by atoms with E-state index in [4.69, 9.17) is 13.8 Å². The molecular formula is C52H94NO8P. The number of nitrogens with one attached hydrogen (secondary N) is 1. The molecule has 0 rings (SSSR count). The van der Waals surface area contributed by atoms with Gasteiger partial charge in [0.1, 0.15) is 12.7 Å². The first-order valence-electron chi connectivity index (χ1n) is 25.3. The van der Waals surface area contributed by atoms with Crippen LogP contribution in [0.3, 0.4) is 0 Å². The third-order valence-corrected chi connectivity index (χ3v) is 11.7. The predicted molar refractivity (Wildman–Crippen MR) is 261 cm³/mol. The summed E-state index contributed by atoms with van der Waals surface area (Å²) >= 11 is 0. The largest absolute Gasteiger partial charge is 0.472 e. The maximum atomic E-state index is 12.1. The number of ether oxygens (including phenoxy) is 1. The van der Waals surface area contributed by atoms with Crippen LogP contribution in [0.25, 0.3) is 0 Å². The van der Waals surface area contributed by atoms with Gasteiger partial charge < -0.3 is 20.1 Å². The summed E-state index contributed by atoms with van der Waals surface area (Å²) in [7, 11) is -4.43. The fourth-order valence-corrected chi connectivity index (χ4v) is 7.59. The third-order valence-electron chi connectivity index (χ3n) is 10.7. The molecule has 2 atom stereocenters. The molecule has 0 spiro atoms. The molecule has 360 valence electrons. The highest BCUT2D eigenvalue weighted by Gasteiger charge is 2.23. The molecule has 0 fully saturated rings. The Morgan fingerprint density at radius 2 is 0.871 bits per heavy atom. The minimum Gasteiger partial charge on any atom is -0.463 e. The van der Waals surface area contributed by atoms with E-state index in [0.29, 0.717) is 6.42 Å². The SMILES string of the molecule is CCCCC/C=C\C/C=C\C/C=C\C/C=C\CCCCCCCCCC(=O)OCC(O)COP(=O)(O)OCCNC(=O)CCCCCCCCC/C=C\CCCCCCCCC. The Morgan fingerprint density at radius 3 is 1.35 bits per heavy atom. The molecule has 0 aliphatic heterocycles. The van der Waals surface area contributed by atoms with Gasteiger partial charge in [0.25, 0.3) is 0 Å². The molecule has 9 nitrogen and oxygen atoms in total. The van der Waals surface area contributed by atoms with Crippen LogP contribution in [0.2, 0.25) is 0 Å². The van der Waals surface area contributed by atoms with E-state index in [1.165, 1.54) is 128 Å². The van der Waals surface area contributed by atoms with Crippen LogP contribution in [0.1, 0.15) is 226 Å². The molecule has 0 heterocycles. The molecule has 2 unspecified atom stereocenters. The van der Waals surface area contributed by atoms with Crippen LogP contribution >= 0.6 is 7.82 Å². The quantitative estimate of drug-likeness (QED) is 0.0238. The molecule has 10 heteroatoms. The van der Waals surface area contributed by atoms with Crippen LogP contribution in [0.4, 0.5) is 0 Å². The molecule has 0 aromatic heterocycles. The molecule has 0 aliphatic rings. The molecule has 0 aromatic carbocycles. The van der Waals surface area contributed by atoms with Crippen LogP contribution < -0.4 is 5.32 Å². The van der Waals surface area contributed by atoms with Crippen molar-refractivity contribution in [2.75, 3.05) is 26.4 Å². The van der Waals surface area contributed by atoms with E-state index in [2.05, 4.69) is 79.9 Å². The average molecular weight is 892 g/mol. The van der Waals surface area contributed by atoms with Crippen molar-refractivity contribution in [2.45, 2.75) is 232 Å². The van der Waals surface area contributed by atoms with Gasteiger partial charge in [0.05, 0.1) is 13.2 Å². The number of carbonyl (C=O) groups is 2. The number of carbonyl (C=O) groups excluding carboxylic acids is 2. The van der Waals surface area contributed by atoms with Crippen molar-refractivity contribution in [2.24, 2.45) is 0 Å². The van der Waals surface area contributed by atoms with E-state index in [0.717, 1.165) is 70.6 Å². The number of phosphoric ester groups is 1. The molecular weight excluding hydrogens is 798 g/mol. The topological polar surface area (TPSA) is 131 Å². The zero-order chi connectivity index (χ0) is 45.3. The summed E-state index contributed by atoms with van der Waals surface area (Å²) in [5.41, 5.74) is 0. The standard InChI is InChI=1S/C52H94NO8P/c1-3-5-7-9-11-13-15-17-19-21-23-24-25-26-27-29-31-33-35-37-39-41-43-45-52(56)59-48-50(54)49-61-62(57,58)60-47-46-53-51(55)44-42-40-38-36-34-32-30-28-22-20-18-16-14-12-10-8-6-4-2/h11,13,17,19-20,22-24,26-27,50,54H,3-10,12,14-16,18,21,25,28-49H2,1-2H3,(H,53,55)(H,57,58)/b13-11-,19-17-,22-20-,24-23-,27-26-. The minimum atomic E-state index is -4.43. The number of unbranched alkanes of at least 4 members (excludes halogenated alkanes) is 24. The monoisotopic (exact) mass is 892 g/mol. The Bertz CT molecular complexity index is 1200. The number of hydrogen-bond acceptors (Lipinski definition) is 7. The van der Waals surface area contributed by atoms with Gasteiger partial charge in [0.15, 0.2) is 0 Å². The number of aliphatic hydroxyl groups excluding tert-OH is 1. The lowest BCUT2D eigenvalue weighted by molar-refractivity contribution is -0.147. The van der Waals surface area contributed by atoms with Gasteiger partial charge in [-0.15, -0.1) is 0 Å². The molecule has 3 N–H and O–H groups in total. The number of esters is 1. The lowest BCUT2D eigenvalue weighted by Gasteiger charge is -2.15. The van der Waals surface area contributed by atoms with E-state index in [1.807, 2.05) is 0 Å². The number of rotatable bonds is 47. The van der Waals surface area contributed by atoms with Crippen LogP contribution in [-0.4, -0.2) is 54.3 Å². The maximum Gasteiger partial charge on any atom is 0.472 e. The van der Waals surface area contributed by atoms with Gasteiger partial charge >= 0.3 is 13.8 Å². The van der Waals surface area contributed by atoms with Crippen molar-refractivity contribution in [1.82, 2.24) is 5.32 Å². The average Bonchev–Trinajstić information content (AvgIpc) is 3.26. The van der Waals surface area contributed by atoms with Gasteiger partial charge in [-0.2, -0.15) is 0 Å². The van der Waals surface area contributed by atoms with Crippen molar-refractivity contribution in [3.8, 4) is 0 Å². The van der Waals surface area contributed by atoms with Crippen molar-refractivity contribution in [3.05, 3.63) is 60.8 Å². The van der Waals surface area contributed by atoms with Gasteiger partial charge in [-0.05, 0) is 83.5 Å². The zero-order valence-electron chi connectivity index (χ0n) is 39.8. The lowest BCUT2D eigenvalue weighted by atomic mass is 10.1. The van der Waals surface area contributed by atoms with Crippen molar-refractivity contribution >= 4 is 19.7 Å². The Hall–Kier alpha value is -2.29. The molecule has 0 aliphatic carbocycles. The second kappa shape index (κ2) is 48.2. The molecule has 0 aromatic rings. The summed E-state index contributed by atoms with van der Waals surface area (Å²) in [6.07, 6.45) is 58.6. The van der Waals surface area contributed by atoms with Crippen LogP contribution in [0.15, 0.2) is 60.8 Å². The van der Waals surface area contributed by atoms with E-state index < -0.39 is 26.5 Å². The summed E-state index contributed by atoms with van der Waals surface area (Å²) in [6.45, 7) is 3.52. The molecule has 0 saturated carbocycles. The second-order valence-electron chi connectivity index (χ2n) is 16.8. The Balaban J connectivity index is 3.60. The smallest absolute Gasteiger partial charge is 0.463 e. The van der Waals surface area contributed by atoms with Crippen molar-refractivity contribution in [1.29, 1.82) is 0 Å². The van der Waals surface area contributed by atoms with E-state index in [9.17, 15) is 24.2 Å². The van der Waals surface area contributed by atoms with Crippen LogP contribution in [0, 0.1) is 0 Å². The molecule has 0 bridgehead atoms. The Labute approximate surface area is 380 Å². The summed E-state index contributed by atoms with van der Waals surface area (Å²) in [5, 5.41) is 12.7. The van der Waals surface area contributed by atoms with Crippen molar-refractivity contribution in [3.63, 3.8) is 0 Å². The summed E-state index contributed by atoms with van der Waals surface area (Å²) in [5.74, 6) is -0.530. The van der Waals surface area contributed by atoms with Crippen molar-refractivity contribution < 1.29 is 37.9 Å². The second-order valence-corrected chi connectivity index (χ2v) is 18.2. The first kappa shape index (κ1) is 59.7. The Morgan fingerprint density at radius 1 is 0.500 bits per heavy atom. The molecule has 62 heavy (non-hydrogen) atoms. The number of allylic oxidation sites excluding steroid dienone is 10. The Kier molecular flexibility index (Phi) is 46.4. The fourth-order valence-electron chi connectivity index (χ4n) is 6.83. The van der Waals surface area contributed by atoms with E-state index in [-0.39, 0.29) is 32.1 Å². The highest BCUT2D eigenvalue weighted by molar-refractivity contribution is 7.47.